The Hall–Kier alpha value is -2.53. The third-order valence-corrected chi connectivity index (χ3v) is 4.40. The number of aryl methyl sites for hydroxylation is 1. The molecule has 2 aromatic heterocycles. The number of azo groups is 1. The van der Waals surface area contributed by atoms with Crippen molar-refractivity contribution in [1.29, 1.82) is 0 Å². The number of fused-ring (bicyclic) bond motifs is 3. The van der Waals surface area contributed by atoms with Crippen molar-refractivity contribution in [3.8, 4) is 0 Å². The van der Waals surface area contributed by atoms with E-state index in [0.717, 1.165) is 32.4 Å². The van der Waals surface area contributed by atoms with Crippen molar-refractivity contribution in [1.82, 2.24) is 9.38 Å². The lowest BCUT2D eigenvalue weighted by Gasteiger charge is -1.94. The molecule has 0 unspecified atom stereocenters. The molecular weight excluding hydrogens is 280 g/mol. The zero-order valence-corrected chi connectivity index (χ0v) is 12.2. The van der Waals surface area contributed by atoms with Gasteiger partial charge < -0.3 is 0 Å². The van der Waals surface area contributed by atoms with E-state index in [4.69, 9.17) is 0 Å². The van der Waals surface area contributed by atoms with Crippen LogP contribution in [0.15, 0.2) is 64.8 Å². The number of nitrogens with zero attached hydrogens (tertiary/aromatic N) is 4. The van der Waals surface area contributed by atoms with Gasteiger partial charge in [0.05, 0.1) is 22.4 Å². The quantitative estimate of drug-likeness (QED) is 0.464. The highest BCUT2D eigenvalue weighted by atomic mass is 32.1. The number of hydrogen-bond donors (Lipinski definition) is 0. The van der Waals surface area contributed by atoms with Crippen LogP contribution in [0, 0.1) is 6.92 Å². The average Bonchev–Trinajstić information content (AvgIpc) is 3.03. The molecule has 0 radical (unpaired) electrons. The molecule has 0 N–H and O–H groups in total. The van der Waals surface area contributed by atoms with Crippen LogP contribution in [-0.2, 0) is 0 Å². The Kier molecular flexibility index (Phi) is 2.79. The first-order valence-corrected chi connectivity index (χ1v) is 7.48. The normalized spacial score (nSPS) is 11.9. The molecule has 21 heavy (non-hydrogen) atoms. The molecular formula is C16H12N4S. The molecule has 0 atom stereocenters. The maximum Gasteiger partial charge on any atom is 0.197 e. The third-order valence-electron chi connectivity index (χ3n) is 3.38. The van der Waals surface area contributed by atoms with E-state index < -0.39 is 0 Å². The number of para-hydroxylation sites is 2. The maximum atomic E-state index is 4.63. The first-order chi connectivity index (χ1) is 10.3. The van der Waals surface area contributed by atoms with Crippen LogP contribution in [-0.4, -0.2) is 9.38 Å². The van der Waals surface area contributed by atoms with E-state index >= 15 is 0 Å². The molecule has 2 aromatic carbocycles. The fraction of sp³-hybridized carbons (Fsp3) is 0.0625. The summed E-state index contributed by atoms with van der Waals surface area (Å²) in [6.07, 6.45) is 0. The van der Waals surface area contributed by atoms with Crippen molar-refractivity contribution in [2.24, 2.45) is 10.2 Å². The van der Waals surface area contributed by atoms with Crippen LogP contribution in [0.4, 0.5) is 10.7 Å². The lowest BCUT2D eigenvalue weighted by molar-refractivity contribution is 1.14. The fourth-order valence-corrected chi connectivity index (χ4v) is 3.31. The smallest absolute Gasteiger partial charge is 0.197 e. The number of imidazole rings is 1. The predicted molar refractivity (Wildman–Crippen MR) is 85.9 cm³/mol. The number of hydrogen-bond acceptors (Lipinski definition) is 4. The summed E-state index contributed by atoms with van der Waals surface area (Å²) in [7, 11) is 0. The van der Waals surface area contributed by atoms with Gasteiger partial charge >= 0.3 is 0 Å². The molecule has 0 bridgehead atoms. The van der Waals surface area contributed by atoms with Crippen molar-refractivity contribution >= 4 is 38.0 Å². The lowest BCUT2D eigenvalue weighted by atomic mass is 10.3. The second kappa shape index (κ2) is 4.79. The highest BCUT2D eigenvalue weighted by molar-refractivity contribution is 7.20. The number of rotatable bonds is 2. The number of thiazole rings is 1. The van der Waals surface area contributed by atoms with Gasteiger partial charge in [-0.3, -0.25) is 4.40 Å². The van der Waals surface area contributed by atoms with Gasteiger partial charge in [0.25, 0.3) is 0 Å². The number of aromatic nitrogens is 2. The molecule has 0 aliphatic heterocycles. The lowest BCUT2D eigenvalue weighted by Crippen LogP contribution is -1.82. The van der Waals surface area contributed by atoms with Crippen LogP contribution in [0.2, 0.25) is 0 Å². The van der Waals surface area contributed by atoms with Crippen molar-refractivity contribution in [3.63, 3.8) is 0 Å². The second-order valence-electron chi connectivity index (χ2n) is 4.75. The minimum Gasteiger partial charge on any atom is -0.285 e. The minimum atomic E-state index is 0.854. The molecule has 0 saturated carbocycles. The van der Waals surface area contributed by atoms with Gasteiger partial charge in [0.15, 0.2) is 9.96 Å². The van der Waals surface area contributed by atoms with Crippen molar-refractivity contribution in [2.45, 2.75) is 6.92 Å². The summed E-state index contributed by atoms with van der Waals surface area (Å²) in [6, 6.07) is 17.9. The van der Waals surface area contributed by atoms with Crippen molar-refractivity contribution in [3.05, 3.63) is 60.3 Å². The molecule has 0 saturated heterocycles. The molecule has 4 rings (SSSR count). The number of benzene rings is 2. The summed E-state index contributed by atoms with van der Waals surface area (Å²) < 4.78 is 2.14. The predicted octanol–water partition coefficient (Wildman–Crippen LogP) is 5.27. The van der Waals surface area contributed by atoms with Crippen LogP contribution in [0.3, 0.4) is 0 Å². The SMILES string of the molecule is Cc1c(N=Nc2ccccc2)sc2nc3ccccc3n12. The summed E-state index contributed by atoms with van der Waals surface area (Å²) in [6.45, 7) is 2.05. The summed E-state index contributed by atoms with van der Waals surface area (Å²) in [4.78, 5) is 5.59. The molecule has 0 aliphatic rings. The average molecular weight is 292 g/mol. The van der Waals surface area contributed by atoms with E-state index in [2.05, 4.69) is 32.6 Å². The largest absolute Gasteiger partial charge is 0.285 e. The van der Waals surface area contributed by atoms with E-state index in [-0.39, 0.29) is 0 Å². The van der Waals surface area contributed by atoms with E-state index in [1.54, 1.807) is 11.3 Å². The molecule has 2 heterocycles. The molecule has 4 nitrogen and oxygen atoms in total. The standard InChI is InChI=1S/C16H12N4S/c1-11-15(19-18-12-7-3-2-4-8-12)21-16-17-13-9-5-6-10-14(13)20(11)16/h2-10H,1H3. The Morgan fingerprint density at radius 2 is 1.71 bits per heavy atom. The summed E-state index contributed by atoms with van der Waals surface area (Å²) in [5.74, 6) is 0. The molecule has 0 amide bonds. The van der Waals surface area contributed by atoms with Crippen LogP contribution < -0.4 is 0 Å². The zero-order chi connectivity index (χ0) is 14.2. The van der Waals surface area contributed by atoms with Crippen molar-refractivity contribution < 1.29 is 0 Å². The van der Waals surface area contributed by atoms with E-state index in [0.29, 0.717) is 0 Å². The molecule has 0 aliphatic carbocycles. The van der Waals surface area contributed by atoms with Gasteiger partial charge in [-0.2, -0.15) is 0 Å². The minimum absolute atomic E-state index is 0.854. The Labute approximate surface area is 125 Å². The van der Waals surface area contributed by atoms with Crippen LogP contribution in [0.1, 0.15) is 5.69 Å². The van der Waals surface area contributed by atoms with E-state index in [1.165, 1.54) is 0 Å². The summed E-state index contributed by atoms with van der Waals surface area (Å²) >= 11 is 1.56. The van der Waals surface area contributed by atoms with Gasteiger partial charge in [-0.15, -0.1) is 10.2 Å². The van der Waals surface area contributed by atoms with Crippen LogP contribution in [0.25, 0.3) is 16.0 Å². The molecule has 5 heteroatoms. The van der Waals surface area contributed by atoms with Gasteiger partial charge in [-0.25, -0.2) is 4.98 Å². The first kappa shape index (κ1) is 12.2. The van der Waals surface area contributed by atoms with Gasteiger partial charge in [0.2, 0.25) is 0 Å². The van der Waals surface area contributed by atoms with Crippen LogP contribution >= 0.6 is 11.3 Å². The van der Waals surface area contributed by atoms with Gasteiger partial charge in [-0.1, -0.05) is 41.7 Å². The zero-order valence-electron chi connectivity index (χ0n) is 11.4. The summed E-state index contributed by atoms with van der Waals surface area (Å²) in [5.41, 5.74) is 4.05. The van der Waals surface area contributed by atoms with Crippen molar-refractivity contribution in [2.75, 3.05) is 0 Å². The highest BCUT2D eigenvalue weighted by Gasteiger charge is 2.12. The highest BCUT2D eigenvalue weighted by Crippen LogP contribution is 2.34. The molecule has 0 fully saturated rings. The van der Waals surface area contributed by atoms with Gasteiger partial charge in [0, 0.05) is 0 Å². The van der Waals surface area contributed by atoms with E-state index in [9.17, 15) is 0 Å². The molecule has 4 aromatic rings. The monoisotopic (exact) mass is 292 g/mol. The topological polar surface area (TPSA) is 42.0 Å². The van der Waals surface area contributed by atoms with Gasteiger partial charge in [-0.05, 0) is 31.2 Å². The Morgan fingerprint density at radius 1 is 0.952 bits per heavy atom. The van der Waals surface area contributed by atoms with Gasteiger partial charge in [0.1, 0.15) is 0 Å². The van der Waals surface area contributed by atoms with Crippen LogP contribution in [0.5, 0.6) is 0 Å². The Morgan fingerprint density at radius 3 is 2.57 bits per heavy atom. The summed E-state index contributed by atoms with van der Waals surface area (Å²) in [5, 5.41) is 9.56. The maximum absolute atomic E-state index is 4.63. The second-order valence-corrected chi connectivity index (χ2v) is 5.70. The molecule has 102 valence electrons. The molecule has 0 spiro atoms. The third kappa shape index (κ3) is 2.02. The first-order valence-electron chi connectivity index (χ1n) is 6.66. The fourth-order valence-electron chi connectivity index (χ4n) is 2.34. The Bertz CT molecular complexity index is 950. The Balaban J connectivity index is 1.83. The van der Waals surface area contributed by atoms with E-state index in [1.807, 2.05) is 48.5 Å².